The summed E-state index contributed by atoms with van der Waals surface area (Å²) >= 11 is 6.07. The maximum atomic E-state index is 13.7. The Kier molecular flexibility index (Phi) is 8.11. The van der Waals surface area contributed by atoms with Crippen LogP contribution in [0, 0.1) is 0 Å². The second-order valence-corrected chi connectivity index (χ2v) is 8.68. The van der Waals surface area contributed by atoms with Gasteiger partial charge >= 0.3 is 18.6 Å². The minimum atomic E-state index is -4.72. The van der Waals surface area contributed by atoms with Gasteiger partial charge in [-0.3, -0.25) is 9.97 Å². The van der Waals surface area contributed by atoms with Crippen LogP contribution in [-0.4, -0.2) is 28.5 Å². The maximum Gasteiger partial charge on any atom is 0.461 e. The fourth-order valence-corrected chi connectivity index (χ4v) is 3.98. The Balaban J connectivity index is 1.84. The van der Waals surface area contributed by atoms with Crippen molar-refractivity contribution in [1.29, 1.82) is 0 Å². The number of amides is 2. The molecule has 0 aliphatic heterocycles. The smallest absolute Gasteiger partial charge is 0.428 e. The van der Waals surface area contributed by atoms with E-state index in [1.54, 1.807) is 48.7 Å². The maximum absolute atomic E-state index is 13.7. The first kappa shape index (κ1) is 26.9. The van der Waals surface area contributed by atoms with Gasteiger partial charge in [0.1, 0.15) is 11.3 Å². The number of nitrogens with one attached hydrogen (secondary N) is 2. The third kappa shape index (κ3) is 6.38. The zero-order valence-electron chi connectivity index (χ0n) is 19.6. The third-order valence-corrected chi connectivity index (χ3v) is 5.78. The van der Waals surface area contributed by atoms with Crippen LogP contribution in [-0.2, 0) is 12.0 Å². The molecule has 38 heavy (non-hydrogen) atoms. The van der Waals surface area contributed by atoms with Gasteiger partial charge in [-0.15, -0.1) is 0 Å². The number of urea groups is 1. The highest BCUT2D eigenvalue weighted by Crippen LogP contribution is 2.36. The number of benzene rings is 2. The van der Waals surface area contributed by atoms with Crippen molar-refractivity contribution in [2.75, 3.05) is 5.32 Å². The van der Waals surface area contributed by atoms with Crippen LogP contribution in [0.3, 0.4) is 0 Å². The van der Waals surface area contributed by atoms with Crippen LogP contribution in [0.5, 0.6) is 5.75 Å². The lowest BCUT2D eigenvalue weighted by Gasteiger charge is -2.35. The van der Waals surface area contributed by atoms with Crippen molar-refractivity contribution in [3.05, 3.63) is 119 Å². The highest BCUT2D eigenvalue weighted by atomic mass is 35.5. The van der Waals surface area contributed by atoms with Crippen LogP contribution in [0.15, 0.2) is 97.5 Å². The molecule has 2 amide bonds. The summed E-state index contributed by atoms with van der Waals surface area (Å²) in [5.41, 5.74) is 0.244. The Labute approximate surface area is 220 Å². The molecule has 0 saturated carbocycles. The largest absolute Gasteiger partial charge is 0.461 e. The standard InChI is InChI=1S/C27H21ClF4N4O2/c28-20-11-12-23(34-16-20)26(15-18-6-2-1-3-7-18,36-25(37)35-21-9-5-13-33-17-21)19-8-4-10-22(14-19)38-27(31,32)24(29)30/h1-14,16-17,24H,15H2,(H2,35,36,37). The molecule has 0 spiro atoms. The number of hydrogen-bond donors (Lipinski definition) is 2. The van der Waals surface area contributed by atoms with Gasteiger partial charge in [-0.25, -0.2) is 4.79 Å². The quantitative estimate of drug-likeness (QED) is 0.231. The van der Waals surface area contributed by atoms with Crippen LogP contribution < -0.4 is 15.4 Å². The summed E-state index contributed by atoms with van der Waals surface area (Å²) in [4.78, 5) is 21.7. The van der Waals surface area contributed by atoms with Crippen molar-refractivity contribution in [3.63, 3.8) is 0 Å². The van der Waals surface area contributed by atoms with E-state index in [-0.39, 0.29) is 12.0 Å². The van der Waals surface area contributed by atoms with Gasteiger partial charge in [-0.1, -0.05) is 54.1 Å². The molecular formula is C27H21ClF4N4O2. The van der Waals surface area contributed by atoms with E-state index >= 15 is 0 Å². The second kappa shape index (κ2) is 11.5. The van der Waals surface area contributed by atoms with E-state index in [4.69, 9.17) is 11.6 Å². The molecular weight excluding hydrogens is 524 g/mol. The number of halogens is 5. The lowest BCUT2D eigenvalue weighted by molar-refractivity contribution is -0.253. The van der Waals surface area contributed by atoms with Crippen molar-refractivity contribution in [3.8, 4) is 5.75 Å². The van der Waals surface area contributed by atoms with Crippen LogP contribution in [0.25, 0.3) is 0 Å². The molecule has 6 nitrogen and oxygen atoms in total. The van der Waals surface area contributed by atoms with Crippen LogP contribution in [0.2, 0.25) is 5.02 Å². The van der Waals surface area contributed by atoms with Crippen molar-refractivity contribution in [1.82, 2.24) is 15.3 Å². The molecule has 2 N–H and O–H groups in total. The SMILES string of the molecule is O=C(Nc1cccnc1)NC(Cc1ccccc1)(c1cccc(OC(F)(F)C(F)F)c1)c1ccc(Cl)cn1. The summed E-state index contributed by atoms with van der Waals surface area (Å²) in [6, 6.07) is 20.0. The molecule has 0 saturated heterocycles. The van der Waals surface area contributed by atoms with Gasteiger partial charge in [0.25, 0.3) is 0 Å². The van der Waals surface area contributed by atoms with Crippen LogP contribution in [0.4, 0.5) is 28.0 Å². The zero-order chi connectivity index (χ0) is 27.2. The van der Waals surface area contributed by atoms with Crippen molar-refractivity contribution < 1.29 is 27.1 Å². The summed E-state index contributed by atoms with van der Waals surface area (Å²) in [5, 5.41) is 5.93. The topological polar surface area (TPSA) is 76.1 Å². The minimum Gasteiger partial charge on any atom is -0.428 e. The highest BCUT2D eigenvalue weighted by Gasteiger charge is 2.44. The van der Waals surface area contributed by atoms with Gasteiger partial charge in [0.05, 0.1) is 22.6 Å². The molecule has 4 aromatic rings. The number of ether oxygens (including phenoxy) is 1. The number of carbonyl (C=O) groups excluding carboxylic acids is 1. The molecule has 0 aliphatic carbocycles. The van der Waals surface area contributed by atoms with E-state index in [1.165, 1.54) is 24.5 Å². The lowest BCUT2D eigenvalue weighted by atomic mass is 9.80. The summed E-state index contributed by atoms with van der Waals surface area (Å²) in [7, 11) is 0. The molecule has 0 bridgehead atoms. The Morgan fingerprint density at radius 1 is 0.974 bits per heavy atom. The Bertz CT molecular complexity index is 1360. The molecule has 1 unspecified atom stereocenters. The number of anilines is 1. The summed E-state index contributed by atoms with van der Waals surface area (Å²) < 4.78 is 57.5. The fourth-order valence-electron chi connectivity index (χ4n) is 3.87. The lowest BCUT2D eigenvalue weighted by Crippen LogP contribution is -2.50. The summed E-state index contributed by atoms with van der Waals surface area (Å²) in [5.74, 6) is -0.520. The van der Waals surface area contributed by atoms with Gasteiger partial charge in [0.15, 0.2) is 0 Å². The average molecular weight is 545 g/mol. The normalized spacial score (nSPS) is 13.0. The molecule has 2 aromatic heterocycles. The van der Waals surface area contributed by atoms with Crippen molar-refractivity contribution in [2.45, 2.75) is 24.5 Å². The molecule has 0 radical (unpaired) electrons. The van der Waals surface area contributed by atoms with Crippen molar-refractivity contribution in [2.24, 2.45) is 0 Å². The van der Waals surface area contributed by atoms with E-state index in [9.17, 15) is 22.4 Å². The first-order valence-electron chi connectivity index (χ1n) is 11.3. The fraction of sp³-hybridized carbons (Fsp3) is 0.148. The number of pyridine rings is 2. The predicted molar refractivity (Wildman–Crippen MR) is 135 cm³/mol. The predicted octanol–water partition coefficient (Wildman–Crippen LogP) is 6.67. The zero-order valence-corrected chi connectivity index (χ0v) is 20.4. The number of aromatic nitrogens is 2. The monoisotopic (exact) mass is 544 g/mol. The van der Waals surface area contributed by atoms with Gasteiger partial charge in [-0.2, -0.15) is 17.6 Å². The molecule has 196 valence electrons. The molecule has 1 atom stereocenters. The van der Waals surface area contributed by atoms with E-state index < -0.39 is 29.9 Å². The van der Waals surface area contributed by atoms with Gasteiger partial charge in [0, 0.05) is 18.8 Å². The molecule has 4 rings (SSSR count). The van der Waals surface area contributed by atoms with Crippen LogP contribution >= 0.6 is 11.6 Å². The summed E-state index contributed by atoms with van der Waals surface area (Å²) in [6.07, 6.45) is -4.28. The minimum absolute atomic E-state index is 0.109. The van der Waals surface area contributed by atoms with E-state index in [2.05, 4.69) is 25.3 Å². The first-order chi connectivity index (χ1) is 18.2. The second-order valence-electron chi connectivity index (χ2n) is 8.24. The number of nitrogens with zero attached hydrogens (tertiary/aromatic N) is 2. The Morgan fingerprint density at radius 2 is 1.76 bits per heavy atom. The summed E-state index contributed by atoms with van der Waals surface area (Å²) in [6.45, 7) is 0. The number of alkyl halides is 4. The van der Waals surface area contributed by atoms with Gasteiger partial charge in [-0.05, 0) is 47.5 Å². The number of carbonyl (C=O) groups is 1. The van der Waals surface area contributed by atoms with Crippen molar-refractivity contribution >= 4 is 23.3 Å². The number of hydrogen-bond acceptors (Lipinski definition) is 4. The van der Waals surface area contributed by atoms with E-state index in [0.717, 1.165) is 11.6 Å². The van der Waals surface area contributed by atoms with Crippen LogP contribution in [0.1, 0.15) is 16.8 Å². The van der Waals surface area contributed by atoms with E-state index in [1.807, 2.05) is 18.2 Å². The Morgan fingerprint density at radius 3 is 2.42 bits per heavy atom. The molecule has 11 heteroatoms. The van der Waals surface area contributed by atoms with E-state index in [0.29, 0.717) is 16.4 Å². The number of rotatable bonds is 9. The van der Waals surface area contributed by atoms with Gasteiger partial charge in [0.2, 0.25) is 0 Å². The van der Waals surface area contributed by atoms with Gasteiger partial charge < -0.3 is 15.4 Å². The molecule has 2 heterocycles. The molecule has 0 aliphatic rings. The first-order valence-corrected chi connectivity index (χ1v) is 11.7. The Hall–Kier alpha value is -4.18. The third-order valence-electron chi connectivity index (χ3n) is 5.56. The molecule has 2 aromatic carbocycles. The molecule has 0 fully saturated rings. The highest BCUT2D eigenvalue weighted by molar-refractivity contribution is 6.30. The average Bonchev–Trinajstić information content (AvgIpc) is 2.89.